The molecule has 1 aliphatic rings. The largest absolute Gasteiger partial charge is 0.467 e. The summed E-state index contributed by atoms with van der Waals surface area (Å²) >= 11 is 0. The summed E-state index contributed by atoms with van der Waals surface area (Å²) < 4.78 is 7.04. The zero-order chi connectivity index (χ0) is 16.5. The molecule has 0 unspecified atom stereocenters. The van der Waals surface area contributed by atoms with Gasteiger partial charge in [-0.3, -0.25) is 9.36 Å². The molecular formula is C18H19N3O3. The third-order valence-electron chi connectivity index (χ3n) is 4.67. The standard InChI is InChI=1S/C18H19N3O3/c22-17(19-11-14-6-3-9-24-14)12-7-8-16-15(10-12)20-18(23)21(16)13-4-1-2-5-13/h3,6-10,13H,1-2,4-5,11H2,(H,19,22)(H,20,23). The van der Waals surface area contributed by atoms with E-state index in [1.807, 2.05) is 16.7 Å². The molecular weight excluding hydrogens is 306 g/mol. The van der Waals surface area contributed by atoms with Gasteiger partial charge in [-0.2, -0.15) is 0 Å². The third-order valence-corrected chi connectivity index (χ3v) is 4.67. The Morgan fingerprint density at radius 1 is 1.29 bits per heavy atom. The Balaban J connectivity index is 1.59. The first-order chi connectivity index (χ1) is 11.7. The van der Waals surface area contributed by atoms with Crippen molar-refractivity contribution in [3.8, 4) is 0 Å². The highest BCUT2D eigenvalue weighted by Crippen LogP contribution is 2.30. The van der Waals surface area contributed by atoms with Crippen molar-refractivity contribution in [1.29, 1.82) is 0 Å². The fraction of sp³-hybridized carbons (Fsp3) is 0.333. The molecule has 0 atom stereocenters. The Morgan fingerprint density at radius 3 is 2.88 bits per heavy atom. The minimum absolute atomic E-state index is 0.0926. The zero-order valence-corrected chi connectivity index (χ0v) is 13.2. The summed E-state index contributed by atoms with van der Waals surface area (Å²) in [5.41, 5.74) is 2.01. The van der Waals surface area contributed by atoms with Crippen molar-refractivity contribution < 1.29 is 9.21 Å². The maximum absolute atomic E-state index is 12.3. The molecule has 1 aromatic carbocycles. The van der Waals surface area contributed by atoms with Crippen LogP contribution in [0.25, 0.3) is 11.0 Å². The average molecular weight is 325 g/mol. The number of aromatic amines is 1. The first-order valence-electron chi connectivity index (χ1n) is 8.27. The Hall–Kier alpha value is -2.76. The summed E-state index contributed by atoms with van der Waals surface area (Å²) in [6.07, 6.45) is 5.98. The van der Waals surface area contributed by atoms with E-state index in [0.29, 0.717) is 23.4 Å². The van der Waals surface area contributed by atoms with E-state index < -0.39 is 0 Å². The van der Waals surface area contributed by atoms with Crippen molar-refractivity contribution >= 4 is 16.9 Å². The van der Waals surface area contributed by atoms with Gasteiger partial charge in [0, 0.05) is 11.6 Å². The molecule has 0 saturated heterocycles. The van der Waals surface area contributed by atoms with Crippen molar-refractivity contribution in [2.24, 2.45) is 0 Å². The van der Waals surface area contributed by atoms with Crippen LogP contribution in [-0.2, 0) is 6.54 Å². The number of hydrogen-bond acceptors (Lipinski definition) is 3. The topological polar surface area (TPSA) is 80.0 Å². The van der Waals surface area contributed by atoms with Gasteiger partial charge in [0.15, 0.2) is 0 Å². The second-order valence-corrected chi connectivity index (χ2v) is 6.23. The fourth-order valence-electron chi connectivity index (χ4n) is 3.48. The van der Waals surface area contributed by atoms with Gasteiger partial charge in [0.25, 0.3) is 5.91 Å². The molecule has 24 heavy (non-hydrogen) atoms. The molecule has 1 amide bonds. The van der Waals surface area contributed by atoms with Gasteiger partial charge >= 0.3 is 5.69 Å². The molecule has 1 fully saturated rings. The van der Waals surface area contributed by atoms with E-state index in [-0.39, 0.29) is 17.6 Å². The van der Waals surface area contributed by atoms with Gasteiger partial charge in [-0.1, -0.05) is 12.8 Å². The van der Waals surface area contributed by atoms with Gasteiger partial charge in [0.05, 0.1) is 23.8 Å². The van der Waals surface area contributed by atoms with E-state index in [1.165, 1.54) is 0 Å². The van der Waals surface area contributed by atoms with E-state index >= 15 is 0 Å². The Labute approximate surface area is 138 Å². The molecule has 2 N–H and O–H groups in total. The van der Waals surface area contributed by atoms with Crippen molar-refractivity contribution in [3.63, 3.8) is 0 Å². The molecule has 0 aliphatic heterocycles. The minimum atomic E-state index is -0.192. The molecule has 1 aliphatic carbocycles. The predicted octanol–water partition coefficient (Wildman–Crippen LogP) is 2.97. The van der Waals surface area contributed by atoms with Crippen LogP contribution in [0.5, 0.6) is 0 Å². The maximum Gasteiger partial charge on any atom is 0.326 e. The number of nitrogens with zero attached hydrogens (tertiary/aromatic N) is 1. The highest BCUT2D eigenvalue weighted by Gasteiger charge is 2.21. The van der Waals surface area contributed by atoms with Crippen molar-refractivity contribution in [3.05, 3.63) is 58.4 Å². The number of H-pyrrole nitrogens is 1. The summed E-state index contributed by atoms with van der Waals surface area (Å²) in [4.78, 5) is 27.4. The maximum atomic E-state index is 12.3. The monoisotopic (exact) mass is 325 g/mol. The Morgan fingerprint density at radius 2 is 2.12 bits per heavy atom. The van der Waals surface area contributed by atoms with Crippen molar-refractivity contribution in [2.75, 3.05) is 0 Å². The van der Waals surface area contributed by atoms with Crippen LogP contribution in [0.15, 0.2) is 45.8 Å². The van der Waals surface area contributed by atoms with Crippen LogP contribution in [0.1, 0.15) is 47.8 Å². The first-order valence-corrected chi connectivity index (χ1v) is 8.27. The van der Waals surface area contributed by atoms with Crippen LogP contribution < -0.4 is 11.0 Å². The predicted molar refractivity (Wildman–Crippen MR) is 89.9 cm³/mol. The van der Waals surface area contributed by atoms with Crippen LogP contribution in [0.2, 0.25) is 0 Å². The minimum Gasteiger partial charge on any atom is -0.467 e. The summed E-state index contributed by atoms with van der Waals surface area (Å²) in [6.45, 7) is 0.337. The number of benzene rings is 1. The van der Waals surface area contributed by atoms with Crippen LogP contribution in [0.3, 0.4) is 0 Å². The van der Waals surface area contributed by atoms with E-state index in [9.17, 15) is 9.59 Å². The van der Waals surface area contributed by atoms with Crippen molar-refractivity contribution in [1.82, 2.24) is 14.9 Å². The number of hydrogen-bond donors (Lipinski definition) is 2. The summed E-state index contributed by atoms with van der Waals surface area (Å²) in [6, 6.07) is 9.21. The van der Waals surface area contributed by atoms with Gasteiger partial charge in [0.1, 0.15) is 5.76 Å². The molecule has 2 heterocycles. The summed E-state index contributed by atoms with van der Waals surface area (Å²) in [5.74, 6) is 0.507. The van der Waals surface area contributed by atoms with Crippen LogP contribution >= 0.6 is 0 Å². The fourth-order valence-corrected chi connectivity index (χ4v) is 3.48. The molecule has 0 bridgehead atoms. The van der Waals surface area contributed by atoms with Crippen molar-refractivity contribution in [2.45, 2.75) is 38.3 Å². The second kappa shape index (κ2) is 6.03. The SMILES string of the molecule is O=C(NCc1ccco1)c1ccc2c(c1)[nH]c(=O)n2C1CCCC1. The molecule has 1 saturated carbocycles. The van der Waals surface area contributed by atoms with Crippen LogP contribution in [0.4, 0.5) is 0 Å². The molecule has 0 spiro atoms. The zero-order valence-electron chi connectivity index (χ0n) is 13.2. The lowest BCUT2D eigenvalue weighted by atomic mass is 10.1. The summed E-state index contributed by atoms with van der Waals surface area (Å²) in [5, 5.41) is 2.81. The number of carbonyl (C=O) groups excluding carboxylic acids is 1. The van der Waals surface area contributed by atoms with Crippen LogP contribution in [-0.4, -0.2) is 15.5 Å². The van der Waals surface area contributed by atoms with Crippen LogP contribution in [0, 0.1) is 0 Å². The van der Waals surface area contributed by atoms with Gasteiger partial charge in [-0.05, 0) is 43.2 Å². The molecule has 6 nitrogen and oxygen atoms in total. The van der Waals surface area contributed by atoms with Gasteiger partial charge < -0.3 is 14.7 Å². The lowest BCUT2D eigenvalue weighted by Gasteiger charge is -2.11. The van der Waals surface area contributed by atoms with Gasteiger partial charge in [-0.25, -0.2) is 4.79 Å². The number of aromatic nitrogens is 2. The van der Waals surface area contributed by atoms with Gasteiger partial charge in [0.2, 0.25) is 0 Å². The van der Waals surface area contributed by atoms with Gasteiger partial charge in [-0.15, -0.1) is 0 Å². The normalized spacial score (nSPS) is 15.2. The highest BCUT2D eigenvalue weighted by molar-refractivity contribution is 5.97. The van der Waals surface area contributed by atoms with E-state index in [4.69, 9.17) is 4.42 Å². The molecule has 124 valence electrons. The first kappa shape index (κ1) is 14.8. The quantitative estimate of drug-likeness (QED) is 0.774. The number of fused-ring (bicyclic) bond motifs is 1. The molecule has 0 radical (unpaired) electrons. The lowest BCUT2D eigenvalue weighted by Crippen LogP contribution is -2.22. The smallest absolute Gasteiger partial charge is 0.326 e. The molecule has 6 heteroatoms. The number of carbonyl (C=O) groups is 1. The molecule has 3 aromatic rings. The molecule has 2 aromatic heterocycles. The van der Waals surface area contributed by atoms with E-state index in [2.05, 4.69) is 10.3 Å². The Bertz CT molecular complexity index is 915. The lowest BCUT2D eigenvalue weighted by molar-refractivity contribution is 0.0948. The summed E-state index contributed by atoms with van der Waals surface area (Å²) in [7, 11) is 0. The highest BCUT2D eigenvalue weighted by atomic mass is 16.3. The number of imidazole rings is 1. The number of furan rings is 1. The number of rotatable bonds is 4. The Kier molecular flexibility index (Phi) is 3.72. The number of nitrogens with one attached hydrogen (secondary N) is 2. The number of amides is 1. The molecule has 4 rings (SSSR count). The second-order valence-electron chi connectivity index (χ2n) is 6.23. The van der Waals surface area contributed by atoms with E-state index in [1.54, 1.807) is 24.5 Å². The third kappa shape index (κ3) is 2.64. The van der Waals surface area contributed by atoms with E-state index in [0.717, 1.165) is 31.2 Å². The average Bonchev–Trinajstić information content (AvgIpc) is 3.31.